The van der Waals surface area contributed by atoms with Gasteiger partial charge in [-0.25, -0.2) is 0 Å². The van der Waals surface area contributed by atoms with Crippen LogP contribution < -0.4 is 0 Å². The first-order valence-electron chi connectivity index (χ1n) is 4.76. The molecule has 0 aliphatic carbocycles. The molecule has 0 atom stereocenters. The van der Waals surface area contributed by atoms with Crippen molar-refractivity contribution in [2.45, 2.75) is 6.92 Å². The molecule has 0 saturated heterocycles. The van der Waals surface area contributed by atoms with E-state index in [0.717, 1.165) is 0 Å². The molecule has 0 spiro atoms. The van der Waals surface area contributed by atoms with Crippen molar-refractivity contribution in [3.63, 3.8) is 0 Å². The summed E-state index contributed by atoms with van der Waals surface area (Å²) >= 11 is 0. The van der Waals surface area contributed by atoms with Gasteiger partial charge in [-0.05, 0) is 6.92 Å². The van der Waals surface area contributed by atoms with E-state index >= 15 is 0 Å². The van der Waals surface area contributed by atoms with Crippen LogP contribution in [0.3, 0.4) is 0 Å². The summed E-state index contributed by atoms with van der Waals surface area (Å²) < 4.78 is 34.6. The maximum atomic E-state index is 11.2. The van der Waals surface area contributed by atoms with E-state index < -0.39 is 10.2 Å². The number of hydrogen-bond acceptors (Lipinski definition) is 3. The predicted molar refractivity (Wildman–Crippen MR) is 61.0 cm³/mol. The molecule has 2 rings (SSSR count). The van der Waals surface area contributed by atoms with Crippen molar-refractivity contribution < 1.29 is 13.2 Å². The zero-order valence-electron chi connectivity index (χ0n) is 8.62. The molecule has 0 radical (unpaired) electrons. The van der Waals surface area contributed by atoms with Crippen molar-refractivity contribution in [2.75, 3.05) is 6.61 Å². The Morgan fingerprint density at radius 1 is 1.19 bits per heavy atom. The molecule has 84 valence electrons. The van der Waals surface area contributed by atoms with Crippen molar-refractivity contribution in [1.82, 2.24) is 0 Å². The summed E-state index contributed by atoms with van der Waals surface area (Å²) in [5, 5.41) is 0. The van der Waals surface area contributed by atoms with Crippen LogP contribution in [0.2, 0.25) is 0 Å². The van der Waals surface area contributed by atoms with E-state index in [1.807, 2.05) is 6.07 Å². The summed E-state index contributed by atoms with van der Waals surface area (Å²) in [4.78, 5) is 0. The SMILES string of the molecule is CCOC1=NS(=O)(=O)N=C1c1ccccc1. The summed E-state index contributed by atoms with van der Waals surface area (Å²) in [6.45, 7) is 2.11. The molecule has 0 fully saturated rings. The Labute approximate surface area is 93.7 Å². The predicted octanol–water partition coefficient (Wildman–Crippen LogP) is 1.17. The molecule has 0 bridgehead atoms. The molecular formula is C10H10N2O3S. The third kappa shape index (κ3) is 2.11. The van der Waals surface area contributed by atoms with Gasteiger partial charge in [0.25, 0.3) is 5.90 Å². The van der Waals surface area contributed by atoms with E-state index in [1.54, 1.807) is 31.2 Å². The average molecular weight is 238 g/mol. The van der Waals surface area contributed by atoms with Crippen LogP contribution in [0, 0.1) is 0 Å². The summed E-state index contributed by atoms with van der Waals surface area (Å²) in [7, 11) is -3.76. The van der Waals surface area contributed by atoms with Gasteiger partial charge in [0, 0.05) is 5.56 Å². The number of rotatable bonds is 2. The van der Waals surface area contributed by atoms with E-state index in [-0.39, 0.29) is 11.6 Å². The van der Waals surface area contributed by atoms with Crippen molar-refractivity contribution >= 4 is 21.8 Å². The Bertz CT molecular complexity index is 547. The van der Waals surface area contributed by atoms with Gasteiger partial charge in [-0.3, -0.25) is 0 Å². The lowest BCUT2D eigenvalue weighted by molar-refractivity contribution is 0.335. The lowest BCUT2D eigenvalue weighted by Gasteiger charge is -2.03. The molecule has 6 heteroatoms. The topological polar surface area (TPSA) is 68.1 Å². The summed E-state index contributed by atoms with van der Waals surface area (Å²) in [6.07, 6.45) is 0. The van der Waals surface area contributed by atoms with Crippen LogP contribution in [0.4, 0.5) is 0 Å². The van der Waals surface area contributed by atoms with E-state index in [1.165, 1.54) is 0 Å². The normalized spacial score (nSPS) is 17.8. The van der Waals surface area contributed by atoms with Gasteiger partial charge in [-0.15, -0.1) is 8.80 Å². The quantitative estimate of drug-likeness (QED) is 0.776. The van der Waals surface area contributed by atoms with Crippen LogP contribution >= 0.6 is 0 Å². The Balaban J connectivity index is 2.46. The largest absolute Gasteiger partial charge is 0.476 e. The molecule has 1 aromatic carbocycles. The molecule has 0 saturated carbocycles. The van der Waals surface area contributed by atoms with E-state index in [4.69, 9.17) is 4.74 Å². The smallest absolute Gasteiger partial charge is 0.367 e. The minimum absolute atomic E-state index is 0.0636. The Hall–Kier alpha value is -1.69. The maximum absolute atomic E-state index is 11.2. The van der Waals surface area contributed by atoms with Crippen molar-refractivity contribution in [3.05, 3.63) is 35.9 Å². The van der Waals surface area contributed by atoms with Crippen LogP contribution in [0.1, 0.15) is 12.5 Å². The molecule has 0 amide bonds. The molecule has 16 heavy (non-hydrogen) atoms. The zero-order valence-corrected chi connectivity index (χ0v) is 9.44. The Morgan fingerprint density at radius 2 is 1.88 bits per heavy atom. The van der Waals surface area contributed by atoms with Gasteiger partial charge < -0.3 is 4.74 Å². The molecule has 1 heterocycles. The number of nitrogens with zero attached hydrogens (tertiary/aromatic N) is 2. The molecular weight excluding hydrogens is 228 g/mol. The van der Waals surface area contributed by atoms with Gasteiger partial charge in [0.2, 0.25) is 0 Å². The molecule has 0 unspecified atom stereocenters. The minimum atomic E-state index is -3.76. The Kier molecular flexibility index (Phi) is 2.74. The fraction of sp³-hybridized carbons (Fsp3) is 0.200. The van der Waals surface area contributed by atoms with Crippen LogP contribution in [-0.2, 0) is 14.9 Å². The van der Waals surface area contributed by atoms with E-state index in [9.17, 15) is 8.42 Å². The van der Waals surface area contributed by atoms with Crippen molar-refractivity contribution in [2.24, 2.45) is 8.80 Å². The number of benzene rings is 1. The standard InChI is InChI=1S/C10H10N2O3S/c1-2-15-10-9(11-16(13,14)12-10)8-6-4-3-5-7-8/h3-7H,2H2,1H3. The van der Waals surface area contributed by atoms with Gasteiger partial charge in [-0.1, -0.05) is 30.3 Å². The van der Waals surface area contributed by atoms with Crippen molar-refractivity contribution in [3.8, 4) is 0 Å². The minimum Gasteiger partial charge on any atom is -0.476 e. The second-order valence-electron chi connectivity index (χ2n) is 3.08. The summed E-state index contributed by atoms with van der Waals surface area (Å²) in [5.41, 5.74) is 0.943. The first-order valence-corrected chi connectivity index (χ1v) is 6.15. The summed E-state index contributed by atoms with van der Waals surface area (Å²) in [6, 6.07) is 8.95. The van der Waals surface area contributed by atoms with E-state index in [2.05, 4.69) is 8.80 Å². The van der Waals surface area contributed by atoms with Gasteiger partial charge in [-0.2, -0.15) is 8.42 Å². The second-order valence-corrected chi connectivity index (χ2v) is 4.34. The lowest BCUT2D eigenvalue weighted by Crippen LogP contribution is -2.15. The Morgan fingerprint density at radius 3 is 2.50 bits per heavy atom. The maximum Gasteiger partial charge on any atom is 0.367 e. The van der Waals surface area contributed by atoms with Crippen LogP contribution in [0.25, 0.3) is 0 Å². The molecule has 1 aliphatic rings. The third-order valence-corrected chi connectivity index (χ3v) is 2.75. The highest BCUT2D eigenvalue weighted by atomic mass is 32.2. The van der Waals surface area contributed by atoms with Gasteiger partial charge in [0.1, 0.15) is 5.71 Å². The highest BCUT2D eigenvalue weighted by Crippen LogP contribution is 2.14. The molecule has 1 aromatic rings. The molecule has 0 N–H and O–H groups in total. The van der Waals surface area contributed by atoms with Crippen LogP contribution in [0.15, 0.2) is 39.1 Å². The summed E-state index contributed by atoms with van der Waals surface area (Å²) in [5.74, 6) is 0.0636. The molecule has 0 aromatic heterocycles. The van der Waals surface area contributed by atoms with Crippen LogP contribution in [0.5, 0.6) is 0 Å². The number of ether oxygens (including phenoxy) is 1. The fourth-order valence-corrected chi connectivity index (χ4v) is 2.13. The average Bonchev–Trinajstić information content (AvgIpc) is 2.56. The lowest BCUT2D eigenvalue weighted by atomic mass is 10.1. The van der Waals surface area contributed by atoms with Gasteiger partial charge in [0.15, 0.2) is 0 Å². The first kappa shape index (κ1) is 10.8. The van der Waals surface area contributed by atoms with Gasteiger partial charge in [0.05, 0.1) is 6.61 Å². The fourth-order valence-electron chi connectivity index (χ4n) is 1.33. The number of hydrogen-bond donors (Lipinski definition) is 0. The molecule has 5 nitrogen and oxygen atoms in total. The zero-order chi connectivity index (χ0) is 11.6. The van der Waals surface area contributed by atoms with Crippen molar-refractivity contribution in [1.29, 1.82) is 0 Å². The third-order valence-electron chi connectivity index (χ3n) is 1.94. The van der Waals surface area contributed by atoms with E-state index in [0.29, 0.717) is 12.2 Å². The molecule has 1 aliphatic heterocycles. The van der Waals surface area contributed by atoms with Crippen LogP contribution in [-0.4, -0.2) is 26.6 Å². The van der Waals surface area contributed by atoms with Gasteiger partial charge >= 0.3 is 10.2 Å². The second kappa shape index (κ2) is 4.05. The highest BCUT2D eigenvalue weighted by Gasteiger charge is 2.26. The highest BCUT2D eigenvalue weighted by molar-refractivity contribution is 7.89. The first-order chi connectivity index (χ1) is 7.62. The monoisotopic (exact) mass is 238 g/mol.